The molecule has 5 heteroatoms. The SMILES string of the molecule is Cc1ccc2c(c1)C(N1CCNCC1)=Nc1cc(Cl)ccc1N2. The number of rotatable bonds is 0. The van der Waals surface area contributed by atoms with E-state index in [4.69, 9.17) is 16.6 Å². The van der Waals surface area contributed by atoms with E-state index in [0.29, 0.717) is 5.02 Å². The highest BCUT2D eigenvalue weighted by Gasteiger charge is 2.22. The Balaban J connectivity index is 1.89. The molecule has 2 N–H and O–H groups in total. The van der Waals surface area contributed by atoms with E-state index in [1.807, 2.05) is 18.2 Å². The number of nitrogens with zero attached hydrogens (tertiary/aromatic N) is 2. The number of aliphatic imine (C=N–C) groups is 1. The normalized spacial score (nSPS) is 16.8. The highest BCUT2D eigenvalue weighted by molar-refractivity contribution is 6.31. The fourth-order valence-electron chi connectivity index (χ4n) is 3.09. The molecule has 0 saturated carbocycles. The lowest BCUT2D eigenvalue weighted by atomic mass is 10.1. The third-order valence-electron chi connectivity index (χ3n) is 4.29. The summed E-state index contributed by atoms with van der Waals surface area (Å²) in [6, 6.07) is 12.3. The van der Waals surface area contributed by atoms with Gasteiger partial charge in [-0.2, -0.15) is 0 Å². The number of aryl methyl sites for hydroxylation is 1. The number of fused-ring (bicyclic) bond motifs is 2. The van der Waals surface area contributed by atoms with Crippen LogP contribution in [0.2, 0.25) is 5.02 Å². The van der Waals surface area contributed by atoms with Crippen LogP contribution in [0.1, 0.15) is 11.1 Å². The first-order chi connectivity index (χ1) is 11.2. The van der Waals surface area contributed by atoms with Crippen LogP contribution in [-0.2, 0) is 0 Å². The largest absolute Gasteiger partial charge is 0.353 e. The Morgan fingerprint density at radius 2 is 1.83 bits per heavy atom. The minimum Gasteiger partial charge on any atom is -0.353 e. The van der Waals surface area contributed by atoms with Gasteiger partial charge in [-0.05, 0) is 37.3 Å². The van der Waals surface area contributed by atoms with Crippen LogP contribution in [0.25, 0.3) is 0 Å². The number of hydrogen-bond acceptors (Lipinski definition) is 4. The number of benzene rings is 2. The standard InChI is InChI=1S/C18H19ClN4/c1-12-2-4-15-14(10-12)18(23-8-6-20-7-9-23)22-17-11-13(19)3-5-16(17)21-15/h2-5,10-11,20-21H,6-9H2,1H3. The van der Waals surface area contributed by atoms with Crippen LogP contribution in [0.15, 0.2) is 41.4 Å². The maximum Gasteiger partial charge on any atom is 0.138 e. The van der Waals surface area contributed by atoms with Crippen molar-refractivity contribution in [3.05, 3.63) is 52.5 Å². The molecule has 0 amide bonds. The smallest absolute Gasteiger partial charge is 0.138 e. The summed E-state index contributed by atoms with van der Waals surface area (Å²) < 4.78 is 0. The highest BCUT2D eigenvalue weighted by atomic mass is 35.5. The van der Waals surface area contributed by atoms with Gasteiger partial charge in [0.05, 0.1) is 11.4 Å². The van der Waals surface area contributed by atoms with E-state index in [-0.39, 0.29) is 0 Å². The summed E-state index contributed by atoms with van der Waals surface area (Å²) in [5.74, 6) is 1.03. The molecule has 1 saturated heterocycles. The molecule has 2 aliphatic rings. The van der Waals surface area contributed by atoms with Crippen molar-refractivity contribution in [1.29, 1.82) is 0 Å². The van der Waals surface area contributed by atoms with Gasteiger partial charge >= 0.3 is 0 Å². The molecule has 2 aromatic rings. The third kappa shape index (κ3) is 2.80. The molecule has 4 rings (SSSR count). The quantitative estimate of drug-likeness (QED) is 0.775. The number of anilines is 2. The summed E-state index contributed by atoms with van der Waals surface area (Å²) in [6.45, 7) is 6.00. The Morgan fingerprint density at radius 3 is 2.65 bits per heavy atom. The molecule has 0 unspecified atom stereocenters. The summed E-state index contributed by atoms with van der Waals surface area (Å²) >= 11 is 6.18. The molecule has 23 heavy (non-hydrogen) atoms. The fraction of sp³-hybridized carbons (Fsp3) is 0.278. The minimum absolute atomic E-state index is 0.705. The van der Waals surface area contributed by atoms with Gasteiger partial charge in [-0.3, -0.25) is 0 Å². The predicted octanol–water partition coefficient (Wildman–Crippen LogP) is 3.69. The molecule has 0 bridgehead atoms. The summed E-state index contributed by atoms with van der Waals surface area (Å²) in [5, 5.41) is 7.62. The average Bonchev–Trinajstić information content (AvgIpc) is 2.72. The maximum atomic E-state index is 6.18. The van der Waals surface area contributed by atoms with E-state index in [9.17, 15) is 0 Å². The number of halogens is 1. The van der Waals surface area contributed by atoms with Gasteiger partial charge in [0.1, 0.15) is 5.84 Å². The van der Waals surface area contributed by atoms with Crippen molar-refractivity contribution in [1.82, 2.24) is 10.2 Å². The molecule has 2 aromatic carbocycles. The van der Waals surface area contributed by atoms with Crippen LogP contribution in [-0.4, -0.2) is 36.9 Å². The van der Waals surface area contributed by atoms with Crippen molar-refractivity contribution >= 4 is 34.5 Å². The summed E-state index contributed by atoms with van der Waals surface area (Å²) in [5.41, 5.74) is 5.36. The van der Waals surface area contributed by atoms with Crippen molar-refractivity contribution in [3.63, 3.8) is 0 Å². The second-order valence-electron chi connectivity index (χ2n) is 6.01. The zero-order valence-corrected chi connectivity index (χ0v) is 13.8. The Hall–Kier alpha value is -2.04. The molecule has 2 aliphatic heterocycles. The fourth-order valence-corrected chi connectivity index (χ4v) is 3.26. The Labute approximate surface area is 141 Å². The second-order valence-corrected chi connectivity index (χ2v) is 6.44. The molecule has 1 fully saturated rings. The van der Waals surface area contributed by atoms with Gasteiger partial charge in [0, 0.05) is 42.5 Å². The van der Waals surface area contributed by atoms with E-state index in [0.717, 1.165) is 54.6 Å². The lowest BCUT2D eigenvalue weighted by Crippen LogP contribution is -2.46. The van der Waals surface area contributed by atoms with Crippen LogP contribution >= 0.6 is 11.6 Å². The first-order valence-corrected chi connectivity index (χ1v) is 8.30. The van der Waals surface area contributed by atoms with E-state index in [1.165, 1.54) is 5.56 Å². The van der Waals surface area contributed by atoms with Gasteiger partial charge in [-0.1, -0.05) is 23.2 Å². The first kappa shape index (κ1) is 14.5. The molecule has 0 spiro atoms. The van der Waals surface area contributed by atoms with Crippen LogP contribution < -0.4 is 10.6 Å². The molecular formula is C18H19ClN4. The molecule has 4 nitrogen and oxygen atoms in total. The molecule has 0 radical (unpaired) electrons. The van der Waals surface area contributed by atoms with Crippen molar-refractivity contribution < 1.29 is 0 Å². The second kappa shape index (κ2) is 5.87. The number of hydrogen-bond donors (Lipinski definition) is 2. The van der Waals surface area contributed by atoms with E-state index in [1.54, 1.807) is 0 Å². The van der Waals surface area contributed by atoms with E-state index >= 15 is 0 Å². The van der Waals surface area contributed by atoms with Crippen LogP contribution in [0.3, 0.4) is 0 Å². The summed E-state index contributed by atoms with van der Waals surface area (Å²) in [7, 11) is 0. The van der Waals surface area contributed by atoms with Gasteiger partial charge < -0.3 is 15.5 Å². The van der Waals surface area contributed by atoms with E-state index in [2.05, 4.69) is 40.7 Å². The van der Waals surface area contributed by atoms with Crippen molar-refractivity contribution in [3.8, 4) is 0 Å². The van der Waals surface area contributed by atoms with Gasteiger partial charge in [-0.15, -0.1) is 0 Å². The topological polar surface area (TPSA) is 39.7 Å². The number of piperazine rings is 1. The predicted molar refractivity (Wildman–Crippen MR) is 96.6 cm³/mol. The highest BCUT2D eigenvalue weighted by Crippen LogP contribution is 2.36. The monoisotopic (exact) mass is 326 g/mol. The van der Waals surface area contributed by atoms with Crippen LogP contribution in [0.4, 0.5) is 17.1 Å². The third-order valence-corrected chi connectivity index (χ3v) is 4.52. The number of amidine groups is 1. The van der Waals surface area contributed by atoms with Gasteiger partial charge in [0.25, 0.3) is 0 Å². The molecule has 118 valence electrons. The van der Waals surface area contributed by atoms with Gasteiger partial charge in [0.2, 0.25) is 0 Å². The average molecular weight is 327 g/mol. The summed E-state index contributed by atoms with van der Waals surface area (Å²) in [4.78, 5) is 7.33. The zero-order valence-electron chi connectivity index (χ0n) is 13.1. The van der Waals surface area contributed by atoms with Crippen LogP contribution in [0, 0.1) is 6.92 Å². The lowest BCUT2D eigenvalue weighted by molar-refractivity contribution is 0.358. The van der Waals surface area contributed by atoms with Crippen molar-refractivity contribution in [2.45, 2.75) is 6.92 Å². The lowest BCUT2D eigenvalue weighted by Gasteiger charge is -2.30. The number of nitrogens with one attached hydrogen (secondary N) is 2. The summed E-state index contributed by atoms with van der Waals surface area (Å²) in [6.07, 6.45) is 0. The molecular weight excluding hydrogens is 308 g/mol. The zero-order chi connectivity index (χ0) is 15.8. The molecule has 0 atom stereocenters. The Kier molecular flexibility index (Phi) is 3.71. The van der Waals surface area contributed by atoms with Gasteiger partial charge in [0.15, 0.2) is 0 Å². The van der Waals surface area contributed by atoms with Crippen molar-refractivity contribution in [2.75, 3.05) is 31.5 Å². The van der Waals surface area contributed by atoms with Crippen LogP contribution in [0.5, 0.6) is 0 Å². The van der Waals surface area contributed by atoms with E-state index < -0.39 is 0 Å². The Morgan fingerprint density at radius 1 is 1.04 bits per heavy atom. The molecule has 0 aliphatic carbocycles. The Bertz CT molecular complexity index is 779. The first-order valence-electron chi connectivity index (χ1n) is 7.93. The van der Waals surface area contributed by atoms with Crippen molar-refractivity contribution in [2.24, 2.45) is 4.99 Å². The van der Waals surface area contributed by atoms with Gasteiger partial charge in [-0.25, -0.2) is 4.99 Å². The molecule has 2 heterocycles. The maximum absolute atomic E-state index is 6.18. The molecule has 0 aromatic heterocycles. The minimum atomic E-state index is 0.705.